The van der Waals surface area contributed by atoms with Crippen LogP contribution in [0.15, 0.2) is 0 Å². The number of rotatable bonds is 0. The van der Waals surface area contributed by atoms with Gasteiger partial charge in [0.15, 0.2) is 0 Å². The molecular weight excluding hydrogens is 552 g/mol. The average Bonchev–Trinajstić information content (AvgIpc) is 0. The summed E-state index contributed by atoms with van der Waals surface area (Å²) in [5, 5.41) is 0. The van der Waals surface area contributed by atoms with Gasteiger partial charge in [-0.3, -0.25) is 0 Å². The van der Waals surface area contributed by atoms with Crippen molar-refractivity contribution in [3.8, 4) is 0 Å². The number of hydrogen-bond donors (Lipinski definition) is 0. The summed E-state index contributed by atoms with van der Waals surface area (Å²) in [4.78, 5) is 0. The van der Waals surface area contributed by atoms with Gasteiger partial charge in [0.05, 0.1) is 0 Å². The first kappa shape index (κ1) is 35.4. The molecule has 0 N–H and O–H groups in total. The minimum absolute atomic E-state index is 0. The van der Waals surface area contributed by atoms with Crippen LogP contribution in [0, 0.1) is 74.6 Å². The van der Waals surface area contributed by atoms with Crippen molar-refractivity contribution < 1.29 is 74.6 Å². The van der Waals surface area contributed by atoms with Gasteiger partial charge in [0, 0.05) is 74.6 Å². The van der Waals surface area contributed by atoms with E-state index in [9.17, 15) is 0 Å². The zero-order valence-electron chi connectivity index (χ0n) is 0.577. The van der Waals surface area contributed by atoms with Crippen molar-refractivity contribution in [1.29, 1.82) is 0 Å². The van der Waals surface area contributed by atoms with Crippen LogP contribution < -0.4 is 0 Å². The fourth-order valence-electron chi connectivity index (χ4n) is 0. The maximum atomic E-state index is 0. The molecule has 0 unspecified atom stereocenters. The molecule has 0 aromatic carbocycles. The van der Waals surface area contributed by atoms with Crippen LogP contribution in [-0.4, -0.2) is 52.8 Å². The molecule has 0 saturated heterocycles. The topological polar surface area (TPSA) is 0 Å². The van der Waals surface area contributed by atoms with E-state index >= 15 is 0 Å². The van der Waals surface area contributed by atoms with E-state index in [-0.39, 0.29) is 127 Å². The summed E-state index contributed by atoms with van der Waals surface area (Å²) < 4.78 is 0. The first-order chi connectivity index (χ1) is 0. The van der Waals surface area contributed by atoms with Gasteiger partial charge in [0.2, 0.25) is 0 Å². The summed E-state index contributed by atoms with van der Waals surface area (Å²) in [6.07, 6.45) is 0. The summed E-state index contributed by atoms with van der Waals surface area (Å²) in [5.74, 6) is 0. The van der Waals surface area contributed by atoms with Gasteiger partial charge in [-0.25, -0.2) is 0 Å². The molecule has 0 heterocycles. The fraction of sp³-hybridized carbons (Fsp3) is 0. The zero-order chi connectivity index (χ0) is 0. The fourth-order valence-corrected chi connectivity index (χ4v) is 0. The van der Waals surface area contributed by atoms with Crippen LogP contribution >= 0.6 is 0 Å². The SMILES string of the molecule is [Er].[Er].[GeH4].[GeH4].[GeH4]. The van der Waals surface area contributed by atoms with Crippen molar-refractivity contribution in [3.05, 3.63) is 0 Å². The maximum absolute atomic E-state index is 0. The number of hydrogen-bond acceptors (Lipinski definition) is 0. The van der Waals surface area contributed by atoms with Crippen molar-refractivity contribution in [3.63, 3.8) is 0 Å². The van der Waals surface area contributed by atoms with Crippen molar-refractivity contribution in [2.75, 3.05) is 0 Å². The zero-order valence-corrected chi connectivity index (χ0v) is 4.28. The van der Waals surface area contributed by atoms with E-state index in [4.69, 9.17) is 0 Å². The van der Waals surface area contributed by atoms with E-state index in [0.29, 0.717) is 0 Å². The molecule has 0 saturated carbocycles. The van der Waals surface area contributed by atoms with Crippen LogP contribution in [0.1, 0.15) is 0 Å². The second-order valence-corrected chi connectivity index (χ2v) is 0. The predicted molar refractivity (Wildman–Crippen MR) is 34.0 cm³/mol. The molecule has 0 amide bonds. The summed E-state index contributed by atoms with van der Waals surface area (Å²) >= 11 is 0. The van der Waals surface area contributed by atoms with Crippen molar-refractivity contribution in [2.45, 2.75) is 0 Å². The second kappa shape index (κ2) is 24.2. The van der Waals surface area contributed by atoms with Gasteiger partial charge in [-0.1, -0.05) is 0 Å². The summed E-state index contributed by atoms with van der Waals surface area (Å²) in [5.41, 5.74) is 0. The minimum atomic E-state index is 0. The van der Waals surface area contributed by atoms with E-state index in [2.05, 4.69) is 0 Å². The molecule has 0 aliphatic heterocycles. The van der Waals surface area contributed by atoms with E-state index in [1.54, 1.807) is 0 Å². The summed E-state index contributed by atoms with van der Waals surface area (Å²) in [7, 11) is 0. The molecule has 5 heavy (non-hydrogen) atoms. The van der Waals surface area contributed by atoms with Crippen LogP contribution in [0.2, 0.25) is 0 Å². The van der Waals surface area contributed by atoms with Crippen LogP contribution in [0.4, 0.5) is 0 Å². The quantitative estimate of drug-likeness (QED) is 0.261. The Labute approximate surface area is 124 Å². The van der Waals surface area contributed by atoms with E-state index in [1.165, 1.54) is 0 Å². The molecule has 0 bridgehead atoms. The third-order valence-electron chi connectivity index (χ3n) is 0. The van der Waals surface area contributed by atoms with Gasteiger partial charge in [0.25, 0.3) is 0 Å². The Kier molecular flexibility index (Phi) is 172. The van der Waals surface area contributed by atoms with E-state index in [1.807, 2.05) is 0 Å². The second-order valence-electron chi connectivity index (χ2n) is 0. The molecule has 0 aromatic heterocycles. The Hall–Kier alpha value is 4.12. The normalized spacial score (nSPS) is 0. The molecule has 48 valence electrons. The molecule has 0 spiro atoms. The molecule has 0 aliphatic rings. The Morgan fingerprint density at radius 3 is 0.400 bits per heavy atom. The van der Waals surface area contributed by atoms with E-state index in [0.717, 1.165) is 0 Å². The van der Waals surface area contributed by atoms with Crippen LogP contribution in [-0.2, 0) is 0 Å². The molecule has 0 fully saturated rings. The predicted octanol–water partition coefficient (Wildman–Crippen LogP) is -4.35. The van der Waals surface area contributed by atoms with Gasteiger partial charge in [-0.2, -0.15) is 0 Å². The molecule has 0 aromatic rings. The molecule has 0 nitrogen and oxygen atoms in total. The van der Waals surface area contributed by atoms with Crippen molar-refractivity contribution in [1.82, 2.24) is 0 Å². The van der Waals surface area contributed by atoms with E-state index < -0.39 is 0 Å². The monoisotopic (exact) mass is 566 g/mol. The van der Waals surface area contributed by atoms with Gasteiger partial charge in [-0.05, 0) is 0 Å². The Bertz CT molecular complexity index is 4.85. The van der Waals surface area contributed by atoms with Crippen molar-refractivity contribution >= 4 is 52.8 Å². The third-order valence-corrected chi connectivity index (χ3v) is 0. The van der Waals surface area contributed by atoms with Gasteiger partial charge >= 0.3 is 52.8 Å². The molecule has 0 rings (SSSR count). The first-order valence-corrected chi connectivity index (χ1v) is 0. The molecule has 5 heteroatoms. The van der Waals surface area contributed by atoms with Gasteiger partial charge in [0.1, 0.15) is 0 Å². The van der Waals surface area contributed by atoms with Crippen LogP contribution in [0.3, 0.4) is 0 Å². The Morgan fingerprint density at radius 2 is 0.400 bits per heavy atom. The first-order valence-electron chi connectivity index (χ1n) is 0. The third kappa shape index (κ3) is 17.9. The molecular formula is H12Er2Ge3. The summed E-state index contributed by atoms with van der Waals surface area (Å²) in [6.45, 7) is 0. The Balaban J connectivity index is 0. The molecule has 0 aliphatic carbocycles. The van der Waals surface area contributed by atoms with Gasteiger partial charge < -0.3 is 0 Å². The molecule has 0 atom stereocenters. The van der Waals surface area contributed by atoms with Crippen LogP contribution in [0.5, 0.6) is 0 Å². The summed E-state index contributed by atoms with van der Waals surface area (Å²) in [6, 6.07) is 0. The molecule has 0 radical (unpaired) electrons. The van der Waals surface area contributed by atoms with Gasteiger partial charge in [-0.15, -0.1) is 0 Å². The Morgan fingerprint density at radius 1 is 0.400 bits per heavy atom. The standard InChI is InChI=1S/2Er.3GeH4/h;;3*1H4. The average molecular weight is 564 g/mol. The van der Waals surface area contributed by atoms with Crippen molar-refractivity contribution in [2.24, 2.45) is 0 Å². The van der Waals surface area contributed by atoms with Crippen LogP contribution in [0.25, 0.3) is 0 Å².